The van der Waals surface area contributed by atoms with Crippen LogP contribution in [0, 0.1) is 0 Å². The molecule has 0 heterocycles. The zero-order valence-electron chi connectivity index (χ0n) is 7.90. The summed E-state index contributed by atoms with van der Waals surface area (Å²) in [4.78, 5) is 10.6. The Kier molecular flexibility index (Phi) is 3.29. The number of phenolic OH excluding ortho intramolecular Hbond substituents is 1. The van der Waals surface area contributed by atoms with Gasteiger partial charge in [0.25, 0.3) is 0 Å². The fourth-order valence-electron chi connectivity index (χ4n) is 1.13. The molecule has 0 aromatic heterocycles. The molecule has 1 aromatic rings. The van der Waals surface area contributed by atoms with Gasteiger partial charge in [0.05, 0.1) is 5.56 Å². The molecular formula is C11H12O3. The average molecular weight is 192 g/mol. The fraction of sp³-hybridized carbons (Fsp3) is 0.182. The maximum atomic E-state index is 10.6. The van der Waals surface area contributed by atoms with E-state index in [-0.39, 0.29) is 11.3 Å². The molecule has 0 unspecified atom stereocenters. The first-order valence-corrected chi connectivity index (χ1v) is 4.31. The number of phenols is 1. The number of benzene rings is 1. The van der Waals surface area contributed by atoms with Crippen LogP contribution in [0.25, 0.3) is 0 Å². The maximum Gasteiger partial charge on any atom is 0.335 e. The van der Waals surface area contributed by atoms with Crippen molar-refractivity contribution in [3.8, 4) is 5.75 Å². The number of carboxylic acids is 1. The van der Waals surface area contributed by atoms with Gasteiger partial charge in [0.2, 0.25) is 0 Å². The molecule has 0 amide bonds. The highest BCUT2D eigenvalue weighted by Crippen LogP contribution is 2.19. The standard InChI is InChI=1S/C11H12O3/c1-2-3-4-8-7-9(11(13)14)5-6-10(8)12/h2-3,5-7,12H,4H2,1H3,(H,13,14). The Bertz CT molecular complexity index is 367. The van der Waals surface area contributed by atoms with Gasteiger partial charge in [-0.2, -0.15) is 0 Å². The zero-order chi connectivity index (χ0) is 10.6. The summed E-state index contributed by atoms with van der Waals surface area (Å²) >= 11 is 0. The van der Waals surface area contributed by atoms with E-state index in [2.05, 4.69) is 0 Å². The van der Waals surface area contributed by atoms with E-state index in [1.165, 1.54) is 18.2 Å². The van der Waals surface area contributed by atoms with E-state index in [0.29, 0.717) is 12.0 Å². The van der Waals surface area contributed by atoms with Crippen LogP contribution in [-0.2, 0) is 6.42 Å². The van der Waals surface area contributed by atoms with E-state index in [0.717, 1.165) is 0 Å². The van der Waals surface area contributed by atoms with E-state index in [4.69, 9.17) is 5.11 Å². The first-order chi connectivity index (χ1) is 6.65. The summed E-state index contributed by atoms with van der Waals surface area (Å²) in [7, 11) is 0. The topological polar surface area (TPSA) is 57.5 Å². The molecule has 1 rings (SSSR count). The molecule has 2 N–H and O–H groups in total. The molecular weight excluding hydrogens is 180 g/mol. The number of aromatic carboxylic acids is 1. The molecule has 3 nitrogen and oxygen atoms in total. The molecule has 0 bridgehead atoms. The van der Waals surface area contributed by atoms with Crippen LogP contribution in [0.15, 0.2) is 30.4 Å². The Labute approximate surface area is 82.3 Å². The molecule has 74 valence electrons. The molecule has 14 heavy (non-hydrogen) atoms. The Hall–Kier alpha value is -1.77. The summed E-state index contributed by atoms with van der Waals surface area (Å²) in [6.45, 7) is 1.87. The number of carboxylic acid groups (broad SMARTS) is 1. The van der Waals surface area contributed by atoms with Crippen LogP contribution < -0.4 is 0 Å². The van der Waals surface area contributed by atoms with Crippen molar-refractivity contribution >= 4 is 5.97 Å². The van der Waals surface area contributed by atoms with Crippen molar-refractivity contribution in [1.29, 1.82) is 0 Å². The van der Waals surface area contributed by atoms with Crippen molar-refractivity contribution in [2.75, 3.05) is 0 Å². The summed E-state index contributed by atoms with van der Waals surface area (Å²) in [6.07, 6.45) is 4.26. The average Bonchev–Trinajstić information content (AvgIpc) is 2.16. The summed E-state index contributed by atoms with van der Waals surface area (Å²) < 4.78 is 0. The zero-order valence-corrected chi connectivity index (χ0v) is 7.90. The molecule has 0 aliphatic heterocycles. The third-order valence-corrected chi connectivity index (χ3v) is 1.90. The molecule has 0 saturated heterocycles. The molecule has 0 atom stereocenters. The van der Waals surface area contributed by atoms with Gasteiger partial charge in [-0.3, -0.25) is 0 Å². The van der Waals surface area contributed by atoms with Crippen molar-refractivity contribution < 1.29 is 15.0 Å². The van der Waals surface area contributed by atoms with Crippen molar-refractivity contribution in [3.05, 3.63) is 41.5 Å². The van der Waals surface area contributed by atoms with Gasteiger partial charge in [-0.05, 0) is 37.1 Å². The molecule has 0 spiro atoms. The van der Waals surface area contributed by atoms with Crippen LogP contribution in [0.3, 0.4) is 0 Å². The number of hydrogen-bond donors (Lipinski definition) is 2. The lowest BCUT2D eigenvalue weighted by Gasteiger charge is -2.02. The van der Waals surface area contributed by atoms with E-state index >= 15 is 0 Å². The lowest BCUT2D eigenvalue weighted by molar-refractivity contribution is 0.0697. The first kappa shape index (κ1) is 10.3. The van der Waals surface area contributed by atoms with Crippen LogP contribution in [0.2, 0.25) is 0 Å². The second-order valence-corrected chi connectivity index (χ2v) is 2.92. The minimum Gasteiger partial charge on any atom is -0.508 e. The number of rotatable bonds is 3. The van der Waals surface area contributed by atoms with Crippen LogP contribution in [0.4, 0.5) is 0 Å². The summed E-state index contributed by atoms with van der Waals surface area (Å²) in [5.41, 5.74) is 0.824. The van der Waals surface area contributed by atoms with Gasteiger partial charge >= 0.3 is 5.97 Å². The fourth-order valence-corrected chi connectivity index (χ4v) is 1.13. The van der Waals surface area contributed by atoms with E-state index in [9.17, 15) is 9.90 Å². The van der Waals surface area contributed by atoms with Crippen molar-refractivity contribution in [1.82, 2.24) is 0 Å². The van der Waals surface area contributed by atoms with Gasteiger partial charge in [0.15, 0.2) is 0 Å². The highest BCUT2D eigenvalue weighted by molar-refractivity contribution is 5.88. The smallest absolute Gasteiger partial charge is 0.335 e. The lowest BCUT2D eigenvalue weighted by atomic mass is 10.1. The summed E-state index contributed by atoms with van der Waals surface area (Å²) in [5.74, 6) is -0.847. The van der Waals surface area contributed by atoms with Crippen LogP contribution in [-0.4, -0.2) is 16.2 Å². The van der Waals surface area contributed by atoms with Crippen molar-refractivity contribution in [3.63, 3.8) is 0 Å². The van der Waals surface area contributed by atoms with Gasteiger partial charge in [0, 0.05) is 0 Å². The summed E-state index contributed by atoms with van der Waals surface area (Å²) in [6, 6.07) is 4.27. The van der Waals surface area contributed by atoms with Crippen LogP contribution >= 0.6 is 0 Å². The van der Waals surface area contributed by atoms with Gasteiger partial charge in [-0.25, -0.2) is 4.79 Å². The van der Waals surface area contributed by atoms with E-state index in [1.807, 2.05) is 19.1 Å². The molecule has 1 aromatic carbocycles. The molecule has 0 saturated carbocycles. The number of carbonyl (C=O) groups is 1. The minimum absolute atomic E-state index is 0.133. The number of allylic oxidation sites excluding steroid dienone is 2. The second kappa shape index (κ2) is 4.46. The first-order valence-electron chi connectivity index (χ1n) is 4.31. The highest BCUT2D eigenvalue weighted by atomic mass is 16.4. The van der Waals surface area contributed by atoms with E-state index < -0.39 is 5.97 Å². The minimum atomic E-state index is -0.980. The lowest BCUT2D eigenvalue weighted by Crippen LogP contribution is -1.97. The second-order valence-electron chi connectivity index (χ2n) is 2.92. The quantitative estimate of drug-likeness (QED) is 0.722. The third-order valence-electron chi connectivity index (χ3n) is 1.90. The predicted octanol–water partition coefficient (Wildman–Crippen LogP) is 2.21. The largest absolute Gasteiger partial charge is 0.508 e. The Morgan fingerprint density at radius 1 is 1.50 bits per heavy atom. The normalized spacial score (nSPS) is 10.6. The highest BCUT2D eigenvalue weighted by Gasteiger charge is 2.06. The molecule has 0 fully saturated rings. The summed E-state index contributed by atoms with van der Waals surface area (Å²) in [5, 5.41) is 18.1. The van der Waals surface area contributed by atoms with Crippen molar-refractivity contribution in [2.45, 2.75) is 13.3 Å². The van der Waals surface area contributed by atoms with Gasteiger partial charge in [-0.1, -0.05) is 12.2 Å². The van der Waals surface area contributed by atoms with Crippen LogP contribution in [0.5, 0.6) is 5.75 Å². The predicted molar refractivity (Wildman–Crippen MR) is 53.6 cm³/mol. The number of aromatic hydroxyl groups is 1. The van der Waals surface area contributed by atoms with Gasteiger partial charge in [0.1, 0.15) is 5.75 Å². The SMILES string of the molecule is CC=CCc1cc(C(=O)O)ccc1O. The Morgan fingerprint density at radius 2 is 2.21 bits per heavy atom. The maximum absolute atomic E-state index is 10.6. The van der Waals surface area contributed by atoms with Gasteiger partial charge < -0.3 is 10.2 Å². The Balaban J connectivity index is 3.01. The number of hydrogen-bond acceptors (Lipinski definition) is 2. The third kappa shape index (κ3) is 2.36. The molecule has 0 aliphatic carbocycles. The molecule has 0 aliphatic rings. The molecule has 3 heteroatoms. The molecule has 0 radical (unpaired) electrons. The monoisotopic (exact) mass is 192 g/mol. The van der Waals surface area contributed by atoms with Crippen LogP contribution in [0.1, 0.15) is 22.8 Å². The Morgan fingerprint density at radius 3 is 2.79 bits per heavy atom. The van der Waals surface area contributed by atoms with Crippen molar-refractivity contribution in [2.24, 2.45) is 0 Å². The van der Waals surface area contributed by atoms with Gasteiger partial charge in [-0.15, -0.1) is 0 Å². The van der Waals surface area contributed by atoms with E-state index in [1.54, 1.807) is 0 Å².